The molecular weight excluding hydrogens is 278 g/mol. The molecule has 3 aromatic rings. The van der Waals surface area contributed by atoms with Gasteiger partial charge in [-0.2, -0.15) is 0 Å². The lowest BCUT2D eigenvalue weighted by Crippen LogP contribution is -2.09. The zero-order chi connectivity index (χ0) is 15.4. The average molecular weight is 295 g/mol. The van der Waals surface area contributed by atoms with Crippen molar-refractivity contribution in [3.8, 4) is 0 Å². The topological polar surface area (TPSA) is 81.1 Å². The molecule has 0 aliphatic heterocycles. The third-order valence-electron chi connectivity index (χ3n) is 4.47. The lowest BCUT2D eigenvalue weighted by molar-refractivity contribution is 0.0697. The van der Waals surface area contributed by atoms with Crippen LogP contribution in [0.3, 0.4) is 0 Å². The summed E-state index contributed by atoms with van der Waals surface area (Å²) in [6.45, 7) is 2.63. The zero-order valence-electron chi connectivity index (χ0n) is 12.3. The van der Waals surface area contributed by atoms with Crippen molar-refractivity contribution in [2.45, 2.75) is 26.3 Å². The van der Waals surface area contributed by atoms with Crippen LogP contribution in [0.1, 0.15) is 28.9 Å². The van der Waals surface area contributed by atoms with Crippen molar-refractivity contribution in [2.24, 2.45) is 5.92 Å². The number of nitrogens with two attached hydrogens (primary N) is 1. The minimum Gasteiger partial charge on any atom is -0.478 e. The molecule has 4 rings (SSSR count). The van der Waals surface area contributed by atoms with Gasteiger partial charge in [0.25, 0.3) is 0 Å². The molecule has 0 saturated heterocycles. The predicted molar refractivity (Wildman–Crippen MR) is 86.1 cm³/mol. The molecule has 1 fully saturated rings. The Kier molecular flexibility index (Phi) is 2.66. The van der Waals surface area contributed by atoms with Crippen LogP contribution in [-0.2, 0) is 6.54 Å². The highest BCUT2D eigenvalue weighted by Crippen LogP contribution is 2.38. The van der Waals surface area contributed by atoms with Crippen LogP contribution in [-0.4, -0.2) is 20.6 Å². The number of rotatable bonds is 3. The smallest absolute Gasteiger partial charge is 0.339 e. The highest BCUT2D eigenvalue weighted by atomic mass is 16.4. The van der Waals surface area contributed by atoms with Crippen LogP contribution >= 0.6 is 0 Å². The lowest BCUT2D eigenvalue weighted by Gasteiger charge is -2.09. The first kappa shape index (κ1) is 13.1. The fourth-order valence-electron chi connectivity index (χ4n) is 3.22. The quantitative estimate of drug-likeness (QED) is 0.777. The molecule has 0 atom stereocenters. The summed E-state index contributed by atoms with van der Waals surface area (Å²) < 4.78 is 2.19. The number of hydrogen-bond donors (Lipinski definition) is 2. The number of nitrogen functional groups attached to an aromatic ring is 1. The standard InChI is InChI=1S/C17H17N3O2/c1-9-13(17(21)22)15(18)14-11-4-2-3-5-12(11)20(16(14)19-9)8-10-6-7-10/h2-5,10H,6-8H2,1H3,(H2,18,19)(H,21,22). The van der Waals surface area contributed by atoms with Gasteiger partial charge in [0.2, 0.25) is 0 Å². The fraction of sp³-hybridized carbons (Fsp3) is 0.294. The van der Waals surface area contributed by atoms with E-state index in [4.69, 9.17) is 5.73 Å². The minimum atomic E-state index is -1.02. The van der Waals surface area contributed by atoms with Crippen molar-refractivity contribution < 1.29 is 9.90 Å². The van der Waals surface area contributed by atoms with Crippen molar-refractivity contribution in [3.05, 3.63) is 35.5 Å². The summed E-state index contributed by atoms with van der Waals surface area (Å²) in [7, 11) is 0. The van der Waals surface area contributed by atoms with Gasteiger partial charge in [0.05, 0.1) is 22.3 Å². The van der Waals surface area contributed by atoms with Gasteiger partial charge < -0.3 is 15.4 Å². The molecule has 0 bridgehead atoms. The molecule has 0 spiro atoms. The van der Waals surface area contributed by atoms with E-state index < -0.39 is 5.97 Å². The summed E-state index contributed by atoms with van der Waals surface area (Å²) in [6, 6.07) is 7.98. The van der Waals surface area contributed by atoms with Gasteiger partial charge >= 0.3 is 5.97 Å². The summed E-state index contributed by atoms with van der Waals surface area (Å²) in [5.74, 6) is -0.329. The first-order chi connectivity index (χ1) is 10.6. The largest absolute Gasteiger partial charge is 0.478 e. The number of anilines is 1. The summed E-state index contributed by atoms with van der Waals surface area (Å²) in [5, 5.41) is 11.2. The van der Waals surface area contributed by atoms with E-state index in [1.807, 2.05) is 18.2 Å². The van der Waals surface area contributed by atoms with Crippen molar-refractivity contribution in [1.29, 1.82) is 0 Å². The molecule has 3 N–H and O–H groups in total. The van der Waals surface area contributed by atoms with Gasteiger partial charge in [-0.3, -0.25) is 0 Å². The van der Waals surface area contributed by atoms with Crippen LogP contribution in [0, 0.1) is 12.8 Å². The molecule has 0 radical (unpaired) electrons. The van der Waals surface area contributed by atoms with Gasteiger partial charge in [-0.05, 0) is 31.7 Å². The maximum absolute atomic E-state index is 11.5. The van der Waals surface area contributed by atoms with E-state index in [0.29, 0.717) is 17.3 Å². The van der Waals surface area contributed by atoms with Crippen molar-refractivity contribution >= 4 is 33.6 Å². The van der Waals surface area contributed by atoms with Gasteiger partial charge in [0.15, 0.2) is 0 Å². The normalized spacial score (nSPS) is 14.8. The molecule has 0 amide bonds. The zero-order valence-corrected chi connectivity index (χ0v) is 12.3. The second-order valence-corrected chi connectivity index (χ2v) is 6.06. The average Bonchev–Trinajstić information content (AvgIpc) is 3.23. The SMILES string of the molecule is Cc1nc2c(c(N)c1C(=O)O)c1ccccc1n2CC1CC1. The van der Waals surface area contributed by atoms with Crippen molar-refractivity contribution in [2.75, 3.05) is 5.73 Å². The van der Waals surface area contributed by atoms with E-state index >= 15 is 0 Å². The minimum absolute atomic E-state index is 0.113. The molecule has 2 aromatic heterocycles. The molecule has 112 valence electrons. The second-order valence-electron chi connectivity index (χ2n) is 6.06. The highest BCUT2D eigenvalue weighted by Gasteiger charge is 2.26. The molecule has 1 aromatic carbocycles. The van der Waals surface area contributed by atoms with E-state index in [1.54, 1.807) is 6.92 Å². The van der Waals surface area contributed by atoms with E-state index in [1.165, 1.54) is 12.8 Å². The summed E-state index contributed by atoms with van der Waals surface area (Å²) in [4.78, 5) is 16.1. The number of nitrogens with zero attached hydrogens (tertiary/aromatic N) is 2. The number of carboxylic acids is 1. The Morgan fingerprint density at radius 1 is 1.41 bits per heavy atom. The van der Waals surface area contributed by atoms with E-state index in [-0.39, 0.29) is 5.56 Å². The number of aromatic carboxylic acids is 1. The van der Waals surface area contributed by atoms with Crippen molar-refractivity contribution in [1.82, 2.24) is 9.55 Å². The van der Waals surface area contributed by atoms with Crippen LogP contribution in [0.15, 0.2) is 24.3 Å². The van der Waals surface area contributed by atoms with Gasteiger partial charge in [-0.25, -0.2) is 9.78 Å². The number of fused-ring (bicyclic) bond motifs is 3. The van der Waals surface area contributed by atoms with Crippen LogP contribution < -0.4 is 5.73 Å². The molecule has 5 heteroatoms. The Balaban J connectivity index is 2.14. The monoisotopic (exact) mass is 295 g/mol. The van der Waals surface area contributed by atoms with Crippen LogP contribution in [0.2, 0.25) is 0 Å². The maximum atomic E-state index is 11.5. The first-order valence-electron chi connectivity index (χ1n) is 7.48. The second kappa shape index (κ2) is 4.47. The lowest BCUT2D eigenvalue weighted by atomic mass is 10.1. The van der Waals surface area contributed by atoms with E-state index in [2.05, 4.69) is 15.6 Å². The Morgan fingerprint density at radius 2 is 2.14 bits per heavy atom. The number of benzene rings is 1. The third-order valence-corrected chi connectivity index (χ3v) is 4.47. The molecule has 1 aliphatic carbocycles. The maximum Gasteiger partial charge on any atom is 0.339 e. The Hall–Kier alpha value is -2.56. The van der Waals surface area contributed by atoms with Gasteiger partial charge in [-0.1, -0.05) is 18.2 Å². The number of aryl methyl sites for hydroxylation is 1. The summed E-state index contributed by atoms with van der Waals surface area (Å²) in [6.07, 6.45) is 2.49. The van der Waals surface area contributed by atoms with E-state index in [0.717, 1.165) is 28.5 Å². The summed E-state index contributed by atoms with van der Waals surface area (Å²) >= 11 is 0. The summed E-state index contributed by atoms with van der Waals surface area (Å²) in [5.41, 5.74) is 8.99. The molecule has 0 unspecified atom stereocenters. The third kappa shape index (κ3) is 1.78. The Morgan fingerprint density at radius 3 is 2.82 bits per heavy atom. The number of pyridine rings is 1. The number of hydrogen-bond acceptors (Lipinski definition) is 3. The van der Waals surface area contributed by atoms with Gasteiger partial charge in [-0.15, -0.1) is 0 Å². The number of para-hydroxylation sites is 1. The molecule has 2 heterocycles. The first-order valence-corrected chi connectivity index (χ1v) is 7.48. The Labute approximate surface area is 127 Å². The number of carboxylic acid groups (broad SMARTS) is 1. The van der Waals surface area contributed by atoms with Gasteiger partial charge in [0, 0.05) is 11.9 Å². The van der Waals surface area contributed by atoms with Crippen LogP contribution in [0.4, 0.5) is 5.69 Å². The number of aromatic nitrogens is 2. The molecule has 22 heavy (non-hydrogen) atoms. The molecule has 1 aliphatic rings. The Bertz CT molecular complexity index is 923. The highest BCUT2D eigenvalue weighted by molar-refractivity contribution is 6.16. The fourth-order valence-corrected chi connectivity index (χ4v) is 3.22. The molecule has 1 saturated carbocycles. The van der Waals surface area contributed by atoms with Crippen molar-refractivity contribution in [3.63, 3.8) is 0 Å². The van der Waals surface area contributed by atoms with Gasteiger partial charge in [0.1, 0.15) is 11.2 Å². The molecular formula is C17H17N3O2. The van der Waals surface area contributed by atoms with Crippen LogP contribution in [0.25, 0.3) is 21.9 Å². The molecule has 5 nitrogen and oxygen atoms in total. The van der Waals surface area contributed by atoms with E-state index in [9.17, 15) is 9.90 Å². The predicted octanol–water partition coefficient (Wildman–Crippen LogP) is 3.19. The van der Waals surface area contributed by atoms with Crippen LogP contribution in [0.5, 0.6) is 0 Å². The number of carbonyl (C=O) groups is 1.